The van der Waals surface area contributed by atoms with E-state index >= 15 is 0 Å². The Hall–Kier alpha value is -2.37. The molecule has 1 aliphatic rings. The van der Waals surface area contributed by atoms with Crippen molar-refractivity contribution in [2.45, 2.75) is 19.5 Å². The van der Waals surface area contributed by atoms with Crippen LogP contribution in [0.25, 0.3) is 0 Å². The zero-order valence-electron chi connectivity index (χ0n) is 17.2. The van der Waals surface area contributed by atoms with Gasteiger partial charge in [-0.2, -0.15) is 0 Å². The Labute approximate surface area is 168 Å². The Bertz CT molecular complexity index is 740. The summed E-state index contributed by atoms with van der Waals surface area (Å²) in [6.45, 7) is 6.99. The standard InChI is InChI=1S/C23H31N3O2/c1-19(21-9-11-22(28-3)12-10-21)24(2)18-23(27)26-15-13-25(14-16-26)17-20-7-5-4-6-8-20/h4-12,19H,13-18H2,1-3H3. The Kier molecular flexibility index (Phi) is 7.06. The molecule has 1 amide bonds. The van der Waals surface area contributed by atoms with E-state index in [0.29, 0.717) is 6.54 Å². The lowest BCUT2D eigenvalue weighted by Gasteiger charge is -2.36. The Balaban J connectivity index is 1.46. The summed E-state index contributed by atoms with van der Waals surface area (Å²) in [5.41, 5.74) is 2.51. The molecule has 2 aromatic rings. The van der Waals surface area contributed by atoms with Crippen LogP contribution >= 0.6 is 0 Å². The van der Waals surface area contributed by atoms with Crippen molar-refractivity contribution in [2.75, 3.05) is 46.9 Å². The average molecular weight is 382 g/mol. The van der Waals surface area contributed by atoms with Gasteiger partial charge in [-0.25, -0.2) is 0 Å². The van der Waals surface area contributed by atoms with Crippen LogP contribution in [0.3, 0.4) is 0 Å². The van der Waals surface area contributed by atoms with E-state index in [1.807, 2.05) is 30.1 Å². The topological polar surface area (TPSA) is 36.0 Å². The summed E-state index contributed by atoms with van der Waals surface area (Å²) in [5, 5.41) is 0. The fourth-order valence-corrected chi connectivity index (χ4v) is 3.58. The van der Waals surface area contributed by atoms with Gasteiger partial charge in [0.1, 0.15) is 5.75 Å². The lowest BCUT2D eigenvalue weighted by molar-refractivity contribution is -0.134. The molecule has 1 heterocycles. The number of rotatable bonds is 7. The van der Waals surface area contributed by atoms with E-state index in [-0.39, 0.29) is 11.9 Å². The molecular formula is C23H31N3O2. The summed E-state index contributed by atoms with van der Waals surface area (Å²) >= 11 is 0. The molecule has 150 valence electrons. The van der Waals surface area contributed by atoms with Gasteiger partial charge in [0.05, 0.1) is 13.7 Å². The molecule has 0 saturated carbocycles. The van der Waals surface area contributed by atoms with E-state index in [4.69, 9.17) is 4.74 Å². The third-order valence-electron chi connectivity index (χ3n) is 5.62. The molecule has 0 radical (unpaired) electrons. The first-order valence-corrected chi connectivity index (χ1v) is 9.95. The van der Waals surface area contributed by atoms with Gasteiger partial charge < -0.3 is 9.64 Å². The van der Waals surface area contributed by atoms with E-state index < -0.39 is 0 Å². The first kappa shape index (κ1) is 20.4. The van der Waals surface area contributed by atoms with Crippen LogP contribution in [0, 0.1) is 0 Å². The molecule has 1 fully saturated rings. The minimum atomic E-state index is 0.175. The second kappa shape index (κ2) is 9.71. The van der Waals surface area contributed by atoms with Gasteiger partial charge in [-0.3, -0.25) is 14.6 Å². The number of carbonyl (C=O) groups is 1. The van der Waals surface area contributed by atoms with E-state index in [1.165, 1.54) is 11.1 Å². The van der Waals surface area contributed by atoms with Crippen molar-refractivity contribution in [3.05, 3.63) is 65.7 Å². The van der Waals surface area contributed by atoms with E-state index in [9.17, 15) is 4.79 Å². The number of nitrogens with zero attached hydrogens (tertiary/aromatic N) is 3. The highest BCUT2D eigenvalue weighted by Gasteiger charge is 2.23. The number of hydrogen-bond donors (Lipinski definition) is 0. The Morgan fingerprint density at radius 2 is 1.68 bits per heavy atom. The van der Waals surface area contributed by atoms with Gasteiger partial charge in [0.15, 0.2) is 0 Å². The maximum atomic E-state index is 12.8. The molecule has 2 aromatic carbocycles. The van der Waals surface area contributed by atoms with Crippen LogP contribution in [-0.4, -0.2) is 67.5 Å². The number of methoxy groups -OCH3 is 1. The highest BCUT2D eigenvalue weighted by molar-refractivity contribution is 5.78. The molecule has 0 bridgehead atoms. The minimum absolute atomic E-state index is 0.175. The molecule has 5 heteroatoms. The van der Waals surface area contributed by atoms with Gasteiger partial charge in [0.25, 0.3) is 0 Å². The van der Waals surface area contributed by atoms with Gasteiger partial charge in [-0.1, -0.05) is 42.5 Å². The van der Waals surface area contributed by atoms with Gasteiger partial charge in [0.2, 0.25) is 5.91 Å². The molecule has 0 aromatic heterocycles. The van der Waals surface area contributed by atoms with Crippen LogP contribution in [0.5, 0.6) is 5.75 Å². The second-order valence-electron chi connectivity index (χ2n) is 7.51. The molecule has 1 aliphatic heterocycles. The minimum Gasteiger partial charge on any atom is -0.497 e. The van der Waals surface area contributed by atoms with Crippen LogP contribution < -0.4 is 4.74 Å². The average Bonchev–Trinajstić information content (AvgIpc) is 2.74. The fraction of sp³-hybridized carbons (Fsp3) is 0.435. The van der Waals surface area contributed by atoms with Crippen molar-refractivity contribution >= 4 is 5.91 Å². The molecule has 1 atom stereocenters. The Morgan fingerprint density at radius 1 is 1.04 bits per heavy atom. The normalized spacial score (nSPS) is 16.2. The van der Waals surface area contributed by atoms with E-state index in [0.717, 1.165) is 38.5 Å². The van der Waals surface area contributed by atoms with Crippen molar-refractivity contribution in [2.24, 2.45) is 0 Å². The van der Waals surface area contributed by atoms with Crippen molar-refractivity contribution in [3.63, 3.8) is 0 Å². The first-order chi connectivity index (χ1) is 13.6. The second-order valence-corrected chi connectivity index (χ2v) is 7.51. The molecule has 0 N–H and O–H groups in total. The van der Waals surface area contributed by atoms with Gasteiger partial charge in [0, 0.05) is 38.8 Å². The maximum Gasteiger partial charge on any atom is 0.236 e. The number of ether oxygens (including phenoxy) is 1. The van der Waals surface area contributed by atoms with Gasteiger partial charge in [-0.05, 0) is 37.2 Å². The van der Waals surface area contributed by atoms with Crippen molar-refractivity contribution in [1.82, 2.24) is 14.7 Å². The van der Waals surface area contributed by atoms with Crippen LogP contribution in [0.4, 0.5) is 0 Å². The van der Waals surface area contributed by atoms with Crippen molar-refractivity contribution < 1.29 is 9.53 Å². The third kappa shape index (κ3) is 5.33. The highest BCUT2D eigenvalue weighted by Crippen LogP contribution is 2.21. The van der Waals surface area contributed by atoms with Crippen LogP contribution in [0.2, 0.25) is 0 Å². The zero-order valence-corrected chi connectivity index (χ0v) is 17.2. The number of benzene rings is 2. The predicted molar refractivity (Wildman–Crippen MR) is 112 cm³/mol. The molecule has 28 heavy (non-hydrogen) atoms. The number of amides is 1. The summed E-state index contributed by atoms with van der Waals surface area (Å²) < 4.78 is 5.22. The fourth-order valence-electron chi connectivity index (χ4n) is 3.58. The van der Waals surface area contributed by atoms with Gasteiger partial charge in [-0.15, -0.1) is 0 Å². The summed E-state index contributed by atoms with van der Waals surface area (Å²) in [4.78, 5) is 19.3. The zero-order chi connectivity index (χ0) is 19.9. The van der Waals surface area contributed by atoms with E-state index in [1.54, 1.807) is 7.11 Å². The number of likely N-dealkylation sites (N-methyl/N-ethyl adjacent to an activating group) is 1. The molecule has 1 unspecified atom stereocenters. The largest absolute Gasteiger partial charge is 0.497 e. The van der Waals surface area contributed by atoms with Gasteiger partial charge >= 0.3 is 0 Å². The number of carbonyl (C=O) groups excluding carboxylic acids is 1. The molecule has 0 aliphatic carbocycles. The number of piperazine rings is 1. The van der Waals surface area contributed by atoms with Crippen molar-refractivity contribution in [3.8, 4) is 5.75 Å². The van der Waals surface area contributed by atoms with E-state index in [2.05, 4.69) is 53.1 Å². The van der Waals surface area contributed by atoms with Crippen molar-refractivity contribution in [1.29, 1.82) is 0 Å². The molecule has 5 nitrogen and oxygen atoms in total. The predicted octanol–water partition coefficient (Wildman–Crippen LogP) is 3.03. The summed E-state index contributed by atoms with van der Waals surface area (Å²) in [5.74, 6) is 1.06. The highest BCUT2D eigenvalue weighted by atomic mass is 16.5. The summed E-state index contributed by atoms with van der Waals surface area (Å²) in [6.07, 6.45) is 0. The number of hydrogen-bond acceptors (Lipinski definition) is 4. The SMILES string of the molecule is COc1ccc(C(C)N(C)CC(=O)N2CCN(Cc3ccccc3)CC2)cc1. The van der Waals surface area contributed by atoms with Crippen LogP contribution in [0.1, 0.15) is 24.1 Å². The molecule has 0 spiro atoms. The Morgan fingerprint density at radius 3 is 2.29 bits per heavy atom. The third-order valence-corrected chi connectivity index (χ3v) is 5.62. The molecule has 3 rings (SSSR count). The molecular weight excluding hydrogens is 350 g/mol. The first-order valence-electron chi connectivity index (χ1n) is 9.95. The quantitative estimate of drug-likeness (QED) is 0.739. The smallest absolute Gasteiger partial charge is 0.236 e. The lowest BCUT2D eigenvalue weighted by Crippen LogP contribution is -2.50. The summed E-state index contributed by atoms with van der Waals surface area (Å²) in [6, 6.07) is 18.8. The van der Waals surface area contributed by atoms with Crippen LogP contribution in [0.15, 0.2) is 54.6 Å². The lowest BCUT2D eigenvalue weighted by atomic mass is 10.1. The molecule has 1 saturated heterocycles. The summed E-state index contributed by atoms with van der Waals surface area (Å²) in [7, 11) is 3.68. The maximum absolute atomic E-state index is 12.8. The monoisotopic (exact) mass is 381 g/mol. The van der Waals surface area contributed by atoms with Crippen LogP contribution in [-0.2, 0) is 11.3 Å².